The first-order valence-corrected chi connectivity index (χ1v) is 8.99. The van der Waals surface area contributed by atoms with Gasteiger partial charge in [0.1, 0.15) is 0 Å². The number of carbonyl (C=O) groups excluding carboxylic acids is 1. The van der Waals surface area contributed by atoms with Gasteiger partial charge in [-0.15, -0.1) is 0 Å². The number of hydrogen-bond donors (Lipinski definition) is 3. The van der Waals surface area contributed by atoms with Crippen molar-refractivity contribution in [3.8, 4) is 11.5 Å². The van der Waals surface area contributed by atoms with Crippen molar-refractivity contribution in [1.29, 1.82) is 0 Å². The molecular formula is C21H25N3O3. The van der Waals surface area contributed by atoms with Crippen LogP contribution in [-0.2, 0) is 11.2 Å². The fraction of sp³-hybridized carbons (Fsp3) is 0.286. The molecule has 0 fully saturated rings. The topological polar surface area (TPSA) is 75.4 Å². The molecule has 2 aromatic carbocycles. The quantitative estimate of drug-likeness (QED) is 0.507. The van der Waals surface area contributed by atoms with Gasteiger partial charge in [0.15, 0.2) is 11.5 Å². The Labute approximate surface area is 158 Å². The zero-order valence-corrected chi connectivity index (χ0v) is 15.7. The van der Waals surface area contributed by atoms with Crippen LogP contribution in [0.2, 0.25) is 0 Å². The Balaban J connectivity index is 1.41. The maximum absolute atomic E-state index is 12.1. The van der Waals surface area contributed by atoms with Crippen LogP contribution in [0.5, 0.6) is 11.5 Å². The molecule has 3 rings (SSSR count). The van der Waals surface area contributed by atoms with E-state index in [9.17, 15) is 4.79 Å². The first-order chi connectivity index (χ1) is 13.2. The highest BCUT2D eigenvalue weighted by Gasteiger charge is 2.07. The molecule has 27 heavy (non-hydrogen) atoms. The zero-order valence-electron chi connectivity index (χ0n) is 15.7. The van der Waals surface area contributed by atoms with Gasteiger partial charge in [-0.25, -0.2) is 0 Å². The number of fused-ring (bicyclic) bond motifs is 1. The van der Waals surface area contributed by atoms with Gasteiger partial charge in [-0.3, -0.25) is 4.79 Å². The maximum Gasteiger partial charge on any atom is 0.225 e. The average molecular weight is 367 g/mol. The van der Waals surface area contributed by atoms with Crippen molar-refractivity contribution in [2.75, 3.05) is 32.6 Å². The van der Waals surface area contributed by atoms with Crippen LogP contribution in [-0.4, -0.2) is 38.2 Å². The number of benzene rings is 2. The van der Waals surface area contributed by atoms with E-state index in [0.717, 1.165) is 18.5 Å². The highest BCUT2D eigenvalue weighted by Crippen LogP contribution is 2.29. The highest BCUT2D eigenvalue weighted by molar-refractivity contribution is 5.91. The Hall–Kier alpha value is -2.99. The van der Waals surface area contributed by atoms with Crippen LogP contribution in [0.25, 0.3) is 10.9 Å². The molecule has 0 aliphatic rings. The number of nitrogens with one attached hydrogen (secondary N) is 3. The summed E-state index contributed by atoms with van der Waals surface area (Å²) in [4.78, 5) is 15.4. The molecule has 1 amide bonds. The molecule has 0 spiro atoms. The minimum Gasteiger partial charge on any atom is -0.493 e. The van der Waals surface area contributed by atoms with Gasteiger partial charge in [0.05, 0.1) is 14.2 Å². The summed E-state index contributed by atoms with van der Waals surface area (Å²) in [5.74, 6) is 1.18. The van der Waals surface area contributed by atoms with Gasteiger partial charge in [0, 0.05) is 41.8 Å². The van der Waals surface area contributed by atoms with Crippen LogP contribution in [0, 0.1) is 0 Å². The van der Waals surface area contributed by atoms with Crippen molar-refractivity contribution in [2.45, 2.75) is 12.8 Å². The third kappa shape index (κ3) is 4.80. The van der Waals surface area contributed by atoms with Gasteiger partial charge in [0.2, 0.25) is 5.91 Å². The molecule has 6 heteroatoms. The number of rotatable bonds is 9. The first kappa shape index (κ1) is 18.8. The van der Waals surface area contributed by atoms with Gasteiger partial charge in [0.25, 0.3) is 0 Å². The monoisotopic (exact) mass is 367 g/mol. The summed E-state index contributed by atoms with van der Waals surface area (Å²) in [6, 6.07) is 13.6. The predicted molar refractivity (Wildman–Crippen MR) is 108 cm³/mol. The third-order valence-corrected chi connectivity index (χ3v) is 4.44. The third-order valence-electron chi connectivity index (χ3n) is 4.44. The van der Waals surface area contributed by atoms with E-state index in [1.807, 2.05) is 12.1 Å². The number of amides is 1. The molecule has 6 nitrogen and oxygen atoms in total. The zero-order chi connectivity index (χ0) is 19.1. The Morgan fingerprint density at radius 3 is 2.67 bits per heavy atom. The van der Waals surface area contributed by atoms with E-state index in [0.29, 0.717) is 30.2 Å². The summed E-state index contributed by atoms with van der Waals surface area (Å²) in [5, 5.41) is 7.46. The molecular weight excluding hydrogens is 342 g/mol. The molecule has 0 saturated heterocycles. The molecule has 0 radical (unpaired) electrons. The maximum atomic E-state index is 12.1. The first-order valence-electron chi connectivity index (χ1n) is 8.99. The number of methoxy groups -OCH3 is 2. The summed E-state index contributed by atoms with van der Waals surface area (Å²) in [6.45, 7) is 1.45. The van der Waals surface area contributed by atoms with Gasteiger partial charge >= 0.3 is 0 Å². The molecule has 0 bridgehead atoms. The van der Waals surface area contributed by atoms with Crippen LogP contribution in [0.1, 0.15) is 12.0 Å². The van der Waals surface area contributed by atoms with E-state index in [1.54, 1.807) is 32.4 Å². The fourth-order valence-corrected chi connectivity index (χ4v) is 3.03. The highest BCUT2D eigenvalue weighted by atomic mass is 16.5. The van der Waals surface area contributed by atoms with Crippen LogP contribution >= 0.6 is 0 Å². The van der Waals surface area contributed by atoms with E-state index >= 15 is 0 Å². The van der Waals surface area contributed by atoms with Gasteiger partial charge in [-0.2, -0.15) is 0 Å². The number of para-hydroxylation sites is 1. The molecule has 142 valence electrons. The summed E-state index contributed by atoms with van der Waals surface area (Å²) < 4.78 is 10.4. The number of carbonyl (C=O) groups is 1. The van der Waals surface area contributed by atoms with E-state index in [-0.39, 0.29) is 5.91 Å². The molecule has 0 unspecified atom stereocenters. The average Bonchev–Trinajstić information content (AvgIpc) is 3.11. The Bertz CT molecular complexity index is 905. The Kier molecular flexibility index (Phi) is 6.33. The van der Waals surface area contributed by atoms with Crippen LogP contribution in [0.15, 0.2) is 48.7 Å². The van der Waals surface area contributed by atoms with Gasteiger partial charge < -0.3 is 25.1 Å². The second-order valence-electron chi connectivity index (χ2n) is 6.23. The fourth-order valence-electron chi connectivity index (χ4n) is 3.03. The van der Waals surface area contributed by atoms with Gasteiger partial charge in [-0.1, -0.05) is 18.2 Å². The molecule has 3 aromatic rings. The van der Waals surface area contributed by atoms with Crippen molar-refractivity contribution in [3.05, 3.63) is 54.2 Å². The lowest BCUT2D eigenvalue weighted by molar-refractivity contribution is -0.116. The Morgan fingerprint density at radius 1 is 1.04 bits per heavy atom. The number of aromatic amines is 1. The molecule has 0 saturated carbocycles. The Morgan fingerprint density at radius 2 is 1.85 bits per heavy atom. The lowest BCUT2D eigenvalue weighted by atomic mass is 10.1. The molecule has 0 atom stereocenters. The van der Waals surface area contributed by atoms with Crippen molar-refractivity contribution in [1.82, 2.24) is 10.3 Å². The van der Waals surface area contributed by atoms with E-state index in [1.165, 1.54) is 10.9 Å². The van der Waals surface area contributed by atoms with Gasteiger partial charge in [-0.05, 0) is 36.7 Å². The number of H-pyrrole nitrogens is 1. The minimum absolute atomic E-state index is 0.0400. The summed E-state index contributed by atoms with van der Waals surface area (Å²) in [7, 11) is 3.15. The SMILES string of the molecule is COc1ccc(NC(=O)CCNCCc2c[nH]c3ccccc23)cc1OC. The van der Waals surface area contributed by atoms with Crippen LogP contribution in [0.4, 0.5) is 5.69 Å². The normalized spacial score (nSPS) is 10.7. The minimum atomic E-state index is -0.0400. The van der Waals surface area contributed by atoms with Crippen molar-refractivity contribution in [2.24, 2.45) is 0 Å². The summed E-state index contributed by atoms with van der Waals surface area (Å²) in [5.41, 5.74) is 3.13. The lowest BCUT2D eigenvalue weighted by Gasteiger charge is -2.11. The second-order valence-corrected chi connectivity index (χ2v) is 6.23. The molecule has 1 aromatic heterocycles. The van der Waals surface area contributed by atoms with E-state index in [2.05, 4.69) is 33.9 Å². The summed E-state index contributed by atoms with van der Waals surface area (Å²) >= 11 is 0. The van der Waals surface area contributed by atoms with Crippen molar-refractivity contribution < 1.29 is 14.3 Å². The smallest absolute Gasteiger partial charge is 0.225 e. The number of aromatic nitrogens is 1. The van der Waals surface area contributed by atoms with E-state index < -0.39 is 0 Å². The van der Waals surface area contributed by atoms with Crippen molar-refractivity contribution in [3.63, 3.8) is 0 Å². The van der Waals surface area contributed by atoms with Crippen LogP contribution < -0.4 is 20.1 Å². The number of anilines is 1. The molecule has 3 N–H and O–H groups in total. The lowest BCUT2D eigenvalue weighted by Crippen LogP contribution is -2.23. The predicted octanol–water partition coefficient (Wildman–Crippen LogP) is 3.35. The molecule has 0 aliphatic heterocycles. The molecule has 1 heterocycles. The molecule has 0 aliphatic carbocycles. The number of ether oxygens (including phenoxy) is 2. The number of hydrogen-bond acceptors (Lipinski definition) is 4. The van der Waals surface area contributed by atoms with Crippen molar-refractivity contribution >= 4 is 22.5 Å². The standard InChI is InChI=1S/C21H25N3O3/c1-26-19-8-7-16(13-20(19)27-2)24-21(25)10-12-22-11-9-15-14-23-18-6-4-3-5-17(15)18/h3-8,13-14,22-23H,9-12H2,1-2H3,(H,24,25). The summed E-state index contributed by atoms with van der Waals surface area (Å²) in [6.07, 6.45) is 3.37. The second kappa shape index (κ2) is 9.09. The van der Waals surface area contributed by atoms with E-state index in [4.69, 9.17) is 9.47 Å². The van der Waals surface area contributed by atoms with Crippen LogP contribution in [0.3, 0.4) is 0 Å². The largest absolute Gasteiger partial charge is 0.493 e.